The van der Waals surface area contributed by atoms with E-state index in [-0.39, 0.29) is 24.0 Å². The lowest BCUT2D eigenvalue weighted by molar-refractivity contribution is -0.115. The van der Waals surface area contributed by atoms with Gasteiger partial charge in [0.1, 0.15) is 5.82 Å². The minimum absolute atomic E-state index is 0.126. The third-order valence-electron chi connectivity index (χ3n) is 3.06. The van der Waals surface area contributed by atoms with Crippen LogP contribution in [-0.4, -0.2) is 18.3 Å². The van der Waals surface area contributed by atoms with Crippen LogP contribution in [0.4, 0.5) is 14.5 Å². The highest BCUT2D eigenvalue weighted by atomic mass is 19.1. The van der Waals surface area contributed by atoms with Gasteiger partial charge in [-0.25, -0.2) is 8.78 Å². The van der Waals surface area contributed by atoms with Crippen LogP contribution in [0.25, 0.3) is 0 Å². The van der Waals surface area contributed by atoms with E-state index in [9.17, 15) is 18.4 Å². The summed E-state index contributed by atoms with van der Waals surface area (Å²) in [6, 6.07) is 9.13. The molecule has 0 bridgehead atoms. The van der Waals surface area contributed by atoms with Crippen molar-refractivity contribution in [3.8, 4) is 5.75 Å². The van der Waals surface area contributed by atoms with Crippen LogP contribution in [0.2, 0.25) is 0 Å². The quantitative estimate of drug-likeness (QED) is 0.828. The SMILES string of the molecule is CCC(=O)Nc1ccc(C(=O)COc2ccc(F)cc2F)cc1. The summed E-state index contributed by atoms with van der Waals surface area (Å²) in [5.41, 5.74) is 0.945. The highest BCUT2D eigenvalue weighted by Crippen LogP contribution is 2.18. The summed E-state index contributed by atoms with van der Waals surface area (Å²) in [5.74, 6) is -2.26. The zero-order valence-corrected chi connectivity index (χ0v) is 12.4. The molecule has 120 valence electrons. The maximum absolute atomic E-state index is 13.4. The average Bonchev–Trinajstić information content (AvgIpc) is 2.54. The number of rotatable bonds is 6. The Balaban J connectivity index is 1.96. The van der Waals surface area contributed by atoms with Crippen molar-refractivity contribution in [3.63, 3.8) is 0 Å². The summed E-state index contributed by atoms with van der Waals surface area (Å²) in [5, 5.41) is 2.66. The fourth-order valence-corrected chi connectivity index (χ4v) is 1.81. The molecule has 4 nitrogen and oxygen atoms in total. The third-order valence-corrected chi connectivity index (χ3v) is 3.06. The summed E-state index contributed by atoms with van der Waals surface area (Å²) in [4.78, 5) is 23.2. The molecule has 0 heterocycles. The molecular formula is C17H15F2NO3. The van der Waals surface area contributed by atoms with E-state index in [4.69, 9.17) is 4.74 Å². The largest absolute Gasteiger partial charge is 0.482 e. The van der Waals surface area contributed by atoms with Crippen molar-refractivity contribution < 1.29 is 23.1 Å². The lowest BCUT2D eigenvalue weighted by atomic mass is 10.1. The number of anilines is 1. The molecule has 0 unspecified atom stereocenters. The van der Waals surface area contributed by atoms with Gasteiger partial charge in [0.2, 0.25) is 5.91 Å². The normalized spacial score (nSPS) is 10.2. The van der Waals surface area contributed by atoms with E-state index in [0.717, 1.165) is 12.1 Å². The molecule has 2 rings (SSSR count). The number of nitrogens with one attached hydrogen (secondary N) is 1. The minimum atomic E-state index is -0.865. The second-order valence-electron chi connectivity index (χ2n) is 4.77. The molecule has 0 aliphatic carbocycles. The molecule has 1 N–H and O–H groups in total. The molecule has 0 aliphatic heterocycles. The minimum Gasteiger partial charge on any atom is -0.482 e. The van der Waals surface area contributed by atoms with Gasteiger partial charge in [0.15, 0.2) is 24.0 Å². The molecule has 1 amide bonds. The maximum atomic E-state index is 13.4. The number of Topliss-reactive ketones (excluding diaryl/α,β-unsaturated/α-hetero) is 1. The summed E-state index contributed by atoms with van der Waals surface area (Å²) in [6.07, 6.45) is 0.359. The summed E-state index contributed by atoms with van der Waals surface area (Å²) >= 11 is 0. The Morgan fingerprint density at radius 3 is 2.39 bits per heavy atom. The molecule has 2 aromatic carbocycles. The summed E-state index contributed by atoms with van der Waals surface area (Å²) < 4.78 is 31.2. The highest BCUT2D eigenvalue weighted by molar-refractivity contribution is 5.98. The maximum Gasteiger partial charge on any atom is 0.224 e. The summed E-state index contributed by atoms with van der Waals surface area (Å²) in [7, 11) is 0. The Bertz CT molecular complexity index is 714. The van der Waals surface area contributed by atoms with Crippen LogP contribution >= 0.6 is 0 Å². The molecule has 0 saturated heterocycles. The van der Waals surface area contributed by atoms with Crippen LogP contribution in [0, 0.1) is 11.6 Å². The van der Waals surface area contributed by atoms with Crippen LogP contribution in [0.15, 0.2) is 42.5 Å². The zero-order chi connectivity index (χ0) is 16.8. The first-order chi connectivity index (χ1) is 11.0. The summed E-state index contributed by atoms with van der Waals surface area (Å²) in [6.45, 7) is 1.36. The van der Waals surface area contributed by atoms with E-state index in [1.165, 1.54) is 12.1 Å². The Labute approximate surface area is 132 Å². The van der Waals surface area contributed by atoms with E-state index < -0.39 is 11.6 Å². The van der Waals surface area contributed by atoms with Crippen LogP contribution in [-0.2, 0) is 4.79 Å². The second kappa shape index (κ2) is 7.49. The van der Waals surface area contributed by atoms with Crippen LogP contribution in [0.5, 0.6) is 5.75 Å². The fourth-order valence-electron chi connectivity index (χ4n) is 1.81. The predicted octanol–water partition coefficient (Wildman–Crippen LogP) is 3.58. The molecule has 2 aromatic rings. The molecule has 6 heteroatoms. The first-order valence-corrected chi connectivity index (χ1v) is 7.00. The van der Waals surface area contributed by atoms with E-state index >= 15 is 0 Å². The van der Waals surface area contributed by atoms with Crippen molar-refractivity contribution in [1.82, 2.24) is 0 Å². The van der Waals surface area contributed by atoms with Gasteiger partial charge in [-0.1, -0.05) is 6.92 Å². The van der Waals surface area contributed by atoms with Gasteiger partial charge in [0.05, 0.1) is 0 Å². The molecule has 23 heavy (non-hydrogen) atoms. The number of halogens is 2. The molecular weight excluding hydrogens is 304 g/mol. The van der Waals surface area contributed by atoms with Gasteiger partial charge in [0.25, 0.3) is 0 Å². The van der Waals surface area contributed by atoms with E-state index in [0.29, 0.717) is 23.7 Å². The molecule has 0 radical (unpaired) electrons. The van der Waals surface area contributed by atoms with E-state index in [1.807, 2.05) is 0 Å². The van der Waals surface area contributed by atoms with Crippen molar-refractivity contribution in [2.75, 3.05) is 11.9 Å². The highest BCUT2D eigenvalue weighted by Gasteiger charge is 2.10. The molecule has 0 aliphatic rings. The smallest absolute Gasteiger partial charge is 0.224 e. The van der Waals surface area contributed by atoms with Gasteiger partial charge < -0.3 is 10.1 Å². The number of amides is 1. The van der Waals surface area contributed by atoms with Gasteiger partial charge >= 0.3 is 0 Å². The number of hydrogen-bond acceptors (Lipinski definition) is 3. The molecule has 0 atom stereocenters. The number of carbonyl (C=O) groups is 2. The fraction of sp³-hybridized carbons (Fsp3) is 0.176. The number of hydrogen-bond donors (Lipinski definition) is 1. The van der Waals surface area contributed by atoms with Crippen LogP contribution in [0.1, 0.15) is 23.7 Å². The van der Waals surface area contributed by atoms with Crippen LogP contribution < -0.4 is 10.1 Å². The van der Waals surface area contributed by atoms with E-state index in [1.54, 1.807) is 19.1 Å². The molecule has 0 fully saturated rings. The Kier molecular flexibility index (Phi) is 5.41. The van der Waals surface area contributed by atoms with Gasteiger partial charge in [-0.3, -0.25) is 9.59 Å². The van der Waals surface area contributed by atoms with Crippen molar-refractivity contribution in [1.29, 1.82) is 0 Å². The molecule has 0 aromatic heterocycles. The van der Waals surface area contributed by atoms with Gasteiger partial charge in [-0.2, -0.15) is 0 Å². The lowest BCUT2D eigenvalue weighted by Gasteiger charge is -2.08. The van der Waals surface area contributed by atoms with Gasteiger partial charge in [-0.05, 0) is 36.4 Å². The molecule has 0 saturated carbocycles. The first kappa shape index (κ1) is 16.6. The monoisotopic (exact) mass is 319 g/mol. The number of ketones is 1. The molecule has 0 spiro atoms. The van der Waals surface area contributed by atoms with E-state index in [2.05, 4.69) is 5.32 Å². The first-order valence-electron chi connectivity index (χ1n) is 7.00. The average molecular weight is 319 g/mol. The Morgan fingerprint density at radius 1 is 1.09 bits per heavy atom. The van der Waals surface area contributed by atoms with Gasteiger partial charge in [-0.15, -0.1) is 0 Å². The number of ether oxygens (including phenoxy) is 1. The van der Waals surface area contributed by atoms with Crippen molar-refractivity contribution in [3.05, 3.63) is 59.7 Å². The lowest BCUT2D eigenvalue weighted by Crippen LogP contribution is -2.13. The zero-order valence-electron chi connectivity index (χ0n) is 12.4. The van der Waals surface area contributed by atoms with Gasteiger partial charge in [0, 0.05) is 23.7 Å². The van der Waals surface area contributed by atoms with Crippen LogP contribution in [0.3, 0.4) is 0 Å². The number of carbonyl (C=O) groups excluding carboxylic acids is 2. The Morgan fingerprint density at radius 2 is 1.78 bits per heavy atom. The third kappa shape index (κ3) is 4.60. The number of benzene rings is 2. The van der Waals surface area contributed by atoms with Crippen molar-refractivity contribution in [2.45, 2.75) is 13.3 Å². The topological polar surface area (TPSA) is 55.4 Å². The second-order valence-corrected chi connectivity index (χ2v) is 4.77. The Hall–Kier alpha value is -2.76. The standard InChI is InChI=1S/C17H15F2NO3/c1-2-17(22)20-13-6-3-11(4-7-13)15(21)10-23-16-8-5-12(18)9-14(16)19/h3-9H,2,10H2,1H3,(H,20,22). The van der Waals surface area contributed by atoms with Crippen molar-refractivity contribution >= 4 is 17.4 Å². The predicted molar refractivity (Wildman–Crippen MR) is 81.5 cm³/mol. The van der Waals surface area contributed by atoms with Crippen molar-refractivity contribution in [2.24, 2.45) is 0 Å².